The van der Waals surface area contributed by atoms with E-state index in [4.69, 9.17) is 9.47 Å². The number of methoxy groups -OCH3 is 1. The summed E-state index contributed by atoms with van der Waals surface area (Å²) in [5.41, 5.74) is 0.378. The summed E-state index contributed by atoms with van der Waals surface area (Å²) in [6, 6.07) is 4.97. The number of halogens is 3. The molecule has 0 aliphatic heterocycles. The molecule has 1 aliphatic carbocycles. The maximum Gasteiger partial charge on any atom is 0.229 e. The number of nitrogens with zero attached hydrogens (tertiary/aromatic N) is 3. The van der Waals surface area contributed by atoms with Crippen LogP contribution in [-0.4, -0.2) is 34.6 Å². The van der Waals surface area contributed by atoms with Crippen molar-refractivity contribution in [1.82, 2.24) is 15.0 Å². The number of ether oxygens (including phenoxy) is 2. The molecular weight excluding hydrogens is 449 g/mol. The van der Waals surface area contributed by atoms with E-state index in [0.29, 0.717) is 34.8 Å². The highest BCUT2D eigenvalue weighted by Crippen LogP contribution is 2.55. The molecule has 2 atom stereocenters. The second kappa shape index (κ2) is 9.38. The highest BCUT2D eigenvalue weighted by Gasteiger charge is 2.60. The third-order valence-electron chi connectivity index (χ3n) is 5.90. The van der Waals surface area contributed by atoms with Crippen LogP contribution in [0.25, 0.3) is 0 Å². The number of carbonyl (C=O) groups excluding carboxylic acids is 1. The van der Waals surface area contributed by atoms with Crippen LogP contribution in [0.15, 0.2) is 36.7 Å². The number of anilines is 1. The number of benzene rings is 1. The van der Waals surface area contributed by atoms with Crippen LogP contribution in [-0.2, 0) is 21.6 Å². The molecular formula is C24H23F3N4O3. The SMILES string of the molecule is COCc1nc(C)ncc1OC[C@@]1(c2ccc(F)c(F)c2)C[C@H]1C(=O)Nc1cc(C)c(F)cn1. The lowest BCUT2D eigenvalue weighted by molar-refractivity contribution is -0.117. The van der Waals surface area contributed by atoms with Crippen molar-refractivity contribution in [3.05, 3.63) is 76.8 Å². The normalized spacial score (nSPS) is 19.1. The van der Waals surface area contributed by atoms with Gasteiger partial charge in [0, 0.05) is 12.5 Å². The average Bonchev–Trinajstić information content (AvgIpc) is 3.54. The highest BCUT2D eigenvalue weighted by atomic mass is 19.2. The van der Waals surface area contributed by atoms with Gasteiger partial charge in [0.05, 0.1) is 31.5 Å². The lowest BCUT2D eigenvalue weighted by Crippen LogP contribution is -2.27. The molecule has 1 saturated carbocycles. The molecule has 4 rings (SSSR count). The summed E-state index contributed by atoms with van der Waals surface area (Å²) in [5, 5.41) is 2.67. The largest absolute Gasteiger partial charge is 0.489 e. The lowest BCUT2D eigenvalue weighted by Gasteiger charge is -2.20. The van der Waals surface area contributed by atoms with Crippen LogP contribution in [0.2, 0.25) is 0 Å². The first-order valence-corrected chi connectivity index (χ1v) is 10.6. The molecule has 10 heteroatoms. The first-order chi connectivity index (χ1) is 16.2. The predicted octanol–water partition coefficient (Wildman–Crippen LogP) is 4.03. The summed E-state index contributed by atoms with van der Waals surface area (Å²) >= 11 is 0. The van der Waals surface area contributed by atoms with Gasteiger partial charge in [-0.25, -0.2) is 28.1 Å². The number of hydrogen-bond acceptors (Lipinski definition) is 6. The maximum atomic E-state index is 14.1. The molecule has 2 heterocycles. The van der Waals surface area contributed by atoms with Gasteiger partial charge in [-0.05, 0) is 49.6 Å². The Morgan fingerprint density at radius 2 is 1.91 bits per heavy atom. The third-order valence-corrected chi connectivity index (χ3v) is 5.90. The van der Waals surface area contributed by atoms with Gasteiger partial charge in [0.15, 0.2) is 17.4 Å². The van der Waals surface area contributed by atoms with Gasteiger partial charge in [-0.15, -0.1) is 0 Å². The molecule has 3 aromatic rings. The van der Waals surface area contributed by atoms with E-state index in [1.165, 1.54) is 25.4 Å². The van der Waals surface area contributed by atoms with Gasteiger partial charge in [0.1, 0.15) is 23.2 Å². The molecule has 1 aliphatic rings. The zero-order valence-electron chi connectivity index (χ0n) is 18.9. The summed E-state index contributed by atoms with van der Waals surface area (Å²) in [6.45, 7) is 3.48. The van der Waals surface area contributed by atoms with Gasteiger partial charge in [0.25, 0.3) is 0 Å². The van der Waals surface area contributed by atoms with Crippen molar-refractivity contribution in [2.45, 2.75) is 32.3 Å². The van der Waals surface area contributed by atoms with E-state index >= 15 is 0 Å². The fraction of sp³-hybridized carbons (Fsp3) is 0.333. The molecule has 1 N–H and O–H groups in total. The molecule has 0 bridgehead atoms. The second-order valence-electron chi connectivity index (χ2n) is 8.30. The van der Waals surface area contributed by atoms with Crippen LogP contribution < -0.4 is 10.1 Å². The zero-order chi connectivity index (χ0) is 24.5. The van der Waals surface area contributed by atoms with Crippen molar-refractivity contribution < 1.29 is 27.4 Å². The van der Waals surface area contributed by atoms with Gasteiger partial charge in [-0.3, -0.25) is 4.79 Å². The number of rotatable bonds is 8. The number of hydrogen-bond donors (Lipinski definition) is 1. The number of carbonyl (C=O) groups is 1. The van der Waals surface area contributed by atoms with Gasteiger partial charge in [-0.2, -0.15) is 0 Å². The molecule has 7 nitrogen and oxygen atoms in total. The van der Waals surface area contributed by atoms with Crippen molar-refractivity contribution in [1.29, 1.82) is 0 Å². The summed E-state index contributed by atoms with van der Waals surface area (Å²) in [4.78, 5) is 25.4. The van der Waals surface area contributed by atoms with Gasteiger partial charge in [0.2, 0.25) is 5.91 Å². The molecule has 1 fully saturated rings. The fourth-order valence-corrected chi connectivity index (χ4v) is 3.91. The Balaban J connectivity index is 1.60. The van der Waals surface area contributed by atoms with E-state index in [9.17, 15) is 18.0 Å². The Kier molecular flexibility index (Phi) is 6.52. The van der Waals surface area contributed by atoms with Gasteiger partial charge in [-0.1, -0.05) is 6.07 Å². The van der Waals surface area contributed by atoms with E-state index in [-0.39, 0.29) is 24.9 Å². The van der Waals surface area contributed by atoms with Crippen molar-refractivity contribution in [2.75, 3.05) is 19.0 Å². The van der Waals surface area contributed by atoms with E-state index < -0.39 is 28.8 Å². The first kappa shape index (κ1) is 23.6. The van der Waals surface area contributed by atoms with Gasteiger partial charge >= 0.3 is 0 Å². The van der Waals surface area contributed by atoms with Crippen LogP contribution in [0, 0.1) is 37.2 Å². The Morgan fingerprint density at radius 1 is 1.12 bits per heavy atom. The van der Waals surface area contributed by atoms with Crippen LogP contribution in [0.5, 0.6) is 5.75 Å². The number of aryl methyl sites for hydroxylation is 2. The Bertz CT molecular complexity index is 1240. The minimum Gasteiger partial charge on any atom is -0.489 e. The van der Waals surface area contributed by atoms with Crippen molar-refractivity contribution in [3.63, 3.8) is 0 Å². The number of aromatic nitrogens is 3. The second-order valence-corrected chi connectivity index (χ2v) is 8.30. The standard InChI is InChI=1S/C24H23F3N4O3/c1-13-6-22(29-9-19(13)27)31-23(32)16-8-24(16,15-4-5-17(25)18(26)7-15)12-34-21-10-28-14(2)30-20(21)11-33-3/h4-7,9-10,16H,8,11-12H2,1-3H3,(H,29,31,32)/t16-,24+/m0/s1. The predicted molar refractivity (Wildman–Crippen MR) is 117 cm³/mol. The van der Waals surface area contributed by atoms with E-state index in [1.807, 2.05) is 0 Å². The number of nitrogens with one attached hydrogen (secondary N) is 1. The van der Waals surface area contributed by atoms with E-state index in [2.05, 4.69) is 20.3 Å². The van der Waals surface area contributed by atoms with Crippen molar-refractivity contribution >= 4 is 11.7 Å². The van der Waals surface area contributed by atoms with Crippen molar-refractivity contribution in [3.8, 4) is 5.75 Å². The number of amides is 1. The summed E-state index contributed by atoms with van der Waals surface area (Å²) in [7, 11) is 1.52. The fourth-order valence-electron chi connectivity index (χ4n) is 3.91. The molecule has 1 amide bonds. The first-order valence-electron chi connectivity index (χ1n) is 10.6. The quantitative estimate of drug-likeness (QED) is 0.533. The van der Waals surface area contributed by atoms with Gasteiger partial charge < -0.3 is 14.8 Å². The summed E-state index contributed by atoms with van der Waals surface area (Å²) in [5.74, 6) is -2.37. The molecule has 0 spiro atoms. The van der Waals surface area contributed by atoms with Crippen LogP contribution in [0.1, 0.15) is 29.1 Å². The smallest absolute Gasteiger partial charge is 0.229 e. The summed E-state index contributed by atoms with van der Waals surface area (Å²) in [6.07, 6.45) is 2.87. The minimum absolute atomic E-state index is 0.00479. The molecule has 2 aromatic heterocycles. The van der Waals surface area contributed by atoms with Crippen LogP contribution in [0.3, 0.4) is 0 Å². The van der Waals surface area contributed by atoms with E-state index in [1.54, 1.807) is 13.8 Å². The maximum absolute atomic E-state index is 14.1. The highest BCUT2D eigenvalue weighted by molar-refractivity contribution is 5.95. The topological polar surface area (TPSA) is 86.2 Å². The van der Waals surface area contributed by atoms with Crippen LogP contribution in [0.4, 0.5) is 19.0 Å². The third kappa shape index (κ3) is 4.72. The Labute approximate surface area is 194 Å². The molecule has 1 aromatic carbocycles. The van der Waals surface area contributed by atoms with Crippen molar-refractivity contribution in [2.24, 2.45) is 5.92 Å². The van der Waals surface area contributed by atoms with E-state index in [0.717, 1.165) is 18.3 Å². The lowest BCUT2D eigenvalue weighted by atomic mass is 9.93. The minimum atomic E-state index is -1.02. The molecule has 0 unspecified atom stereocenters. The number of pyridine rings is 1. The monoisotopic (exact) mass is 472 g/mol. The van der Waals surface area contributed by atoms with Crippen LogP contribution >= 0.6 is 0 Å². The molecule has 34 heavy (non-hydrogen) atoms. The Hall–Kier alpha value is -3.53. The molecule has 0 saturated heterocycles. The summed E-state index contributed by atoms with van der Waals surface area (Å²) < 4.78 is 52.3. The molecule has 178 valence electrons. The zero-order valence-corrected chi connectivity index (χ0v) is 18.9. The average molecular weight is 472 g/mol. The Morgan fingerprint density at radius 3 is 2.62 bits per heavy atom. The molecule has 0 radical (unpaired) electrons.